The van der Waals surface area contributed by atoms with Gasteiger partial charge in [0.1, 0.15) is 0 Å². The summed E-state index contributed by atoms with van der Waals surface area (Å²) in [7, 11) is 0. The van der Waals surface area contributed by atoms with E-state index in [9.17, 15) is 14.9 Å². The van der Waals surface area contributed by atoms with Crippen LogP contribution in [0.15, 0.2) is 70.6 Å². The van der Waals surface area contributed by atoms with Gasteiger partial charge >= 0.3 is 0 Å². The average Bonchev–Trinajstić information content (AvgIpc) is 3.47. The van der Waals surface area contributed by atoms with Gasteiger partial charge < -0.3 is 9.47 Å². The minimum atomic E-state index is -0.496. The SMILES string of the molecule is CCc1ccc(N=C2S/C(=C/c3cc4c(cc3[N+](=O)[O-])OCO4)C(=O)N2c2ccc(CC)cc2)cc1. The molecule has 1 fully saturated rings. The van der Waals surface area contributed by atoms with Crippen LogP contribution in [0.3, 0.4) is 0 Å². The van der Waals surface area contributed by atoms with Crippen LogP contribution in [-0.4, -0.2) is 22.8 Å². The predicted octanol–water partition coefficient (Wildman–Crippen LogP) is 6.26. The topological polar surface area (TPSA) is 94.3 Å². The van der Waals surface area contributed by atoms with Gasteiger partial charge in [0.05, 0.1) is 32.8 Å². The van der Waals surface area contributed by atoms with Gasteiger partial charge in [-0.25, -0.2) is 4.99 Å². The number of aliphatic imine (C=N–C) groups is 1. The Morgan fingerprint density at radius 3 is 2.22 bits per heavy atom. The number of carbonyl (C=O) groups excluding carboxylic acids is 1. The van der Waals surface area contributed by atoms with Crippen LogP contribution in [0.4, 0.5) is 17.1 Å². The second-order valence-electron chi connectivity index (χ2n) is 8.21. The van der Waals surface area contributed by atoms with Crippen molar-refractivity contribution in [3.05, 3.63) is 92.4 Å². The fourth-order valence-corrected chi connectivity index (χ4v) is 4.93. The number of ether oxygens (including phenoxy) is 2. The predicted molar refractivity (Wildman–Crippen MR) is 141 cm³/mol. The van der Waals surface area contributed by atoms with Crippen molar-refractivity contribution in [3.63, 3.8) is 0 Å². The van der Waals surface area contributed by atoms with E-state index in [1.54, 1.807) is 4.90 Å². The standard InChI is InChI=1S/C27H23N3O5S/c1-3-17-5-9-20(10-6-17)28-27-29(21-11-7-18(4-2)8-12-21)26(31)25(36-27)14-19-13-23-24(35-16-34-23)15-22(19)30(32)33/h5-15H,3-4,16H2,1-2H3/b25-14+,28-27?. The lowest BCUT2D eigenvalue weighted by molar-refractivity contribution is -0.385. The fraction of sp³-hybridized carbons (Fsp3) is 0.185. The highest BCUT2D eigenvalue weighted by Gasteiger charge is 2.35. The molecule has 2 heterocycles. The Hall–Kier alpha value is -4.11. The van der Waals surface area contributed by atoms with Crippen LogP contribution < -0.4 is 14.4 Å². The summed E-state index contributed by atoms with van der Waals surface area (Å²) in [6.07, 6.45) is 3.32. The summed E-state index contributed by atoms with van der Waals surface area (Å²) >= 11 is 1.18. The van der Waals surface area contributed by atoms with Crippen molar-refractivity contribution in [2.45, 2.75) is 26.7 Å². The first-order valence-corrected chi connectivity index (χ1v) is 12.4. The van der Waals surface area contributed by atoms with E-state index in [0.29, 0.717) is 32.9 Å². The van der Waals surface area contributed by atoms with E-state index in [4.69, 9.17) is 14.5 Å². The minimum absolute atomic E-state index is 0.00461. The van der Waals surface area contributed by atoms with Gasteiger partial charge in [-0.3, -0.25) is 19.8 Å². The van der Waals surface area contributed by atoms with Crippen LogP contribution in [-0.2, 0) is 17.6 Å². The molecular weight excluding hydrogens is 478 g/mol. The van der Waals surface area contributed by atoms with Gasteiger partial charge in [-0.1, -0.05) is 38.1 Å². The van der Waals surface area contributed by atoms with Crippen LogP contribution in [0.1, 0.15) is 30.5 Å². The second kappa shape index (κ2) is 9.87. The molecule has 0 aliphatic carbocycles. The number of benzene rings is 3. The first-order chi connectivity index (χ1) is 17.5. The molecule has 0 radical (unpaired) electrons. The quantitative estimate of drug-likeness (QED) is 0.225. The maximum absolute atomic E-state index is 13.6. The lowest BCUT2D eigenvalue weighted by Gasteiger charge is -2.16. The van der Waals surface area contributed by atoms with Crippen LogP contribution in [0, 0.1) is 10.1 Å². The molecule has 182 valence electrons. The molecule has 5 rings (SSSR count). The Morgan fingerprint density at radius 2 is 1.61 bits per heavy atom. The molecule has 2 aliphatic heterocycles. The number of nitro benzene ring substituents is 1. The number of hydrogen-bond donors (Lipinski definition) is 0. The molecule has 0 N–H and O–H groups in total. The van der Waals surface area contributed by atoms with Crippen molar-refractivity contribution < 1.29 is 19.2 Å². The average molecular weight is 502 g/mol. The number of anilines is 1. The molecule has 36 heavy (non-hydrogen) atoms. The van der Waals surface area contributed by atoms with E-state index in [-0.39, 0.29) is 24.0 Å². The minimum Gasteiger partial charge on any atom is -0.454 e. The maximum atomic E-state index is 13.6. The van der Waals surface area contributed by atoms with Crippen LogP contribution in [0.2, 0.25) is 0 Å². The lowest BCUT2D eigenvalue weighted by atomic mass is 10.1. The summed E-state index contributed by atoms with van der Waals surface area (Å²) < 4.78 is 10.7. The van der Waals surface area contributed by atoms with Crippen LogP contribution in [0.25, 0.3) is 6.08 Å². The summed E-state index contributed by atoms with van der Waals surface area (Å²) in [5.41, 5.74) is 3.83. The second-order valence-corrected chi connectivity index (χ2v) is 9.22. The van der Waals surface area contributed by atoms with Gasteiger partial charge in [0.15, 0.2) is 16.7 Å². The number of aryl methyl sites for hydroxylation is 2. The number of carbonyl (C=O) groups is 1. The highest BCUT2D eigenvalue weighted by molar-refractivity contribution is 8.19. The smallest absolute Gasteiger partial charge is 0.280 e. The largest absolute Gasteiger partial charge is 0.454 e. The lowest BCUT2D eigenvalue weighted by Crippen LogP contribution is -2.28. The summed E-state index contributed by atoms with van der Waals surface area (Å²) in [6, 6.07) is 18.4. The van der Waals surface area contributed by atoms with Gasteiger partial charge in [-0.15, -0.1) is 0 Å². The molecule has 8 nitrogen and oxygen atoms in total. The molecule has 3 aromatic rings. The Bertz CT molecular complexity index is 1400. The zero-order valence-electron chi connectivity index (χ0n) is 19.8. The Morgan fingerprint density at radius 1 is 1.00 bits per heavy atom. The van der Waals surface area contributed by atoms with Gasteiger partial charge in [0.2, 0.25) is 6.79 Å². The van der Waals surface area contributed by atoms with Crippen molar-refractivity contribution in [1.29, 1.82) is 0 Å². The molecule has 0 bridgehead atoms. The van der Waals surface area contributed by atoms with E-state index in [2.05, 4.69) is 13.8 Å². The molecule has 3 aromatic carbocycles. The summed E-state index contributed by atoms with van der Waals surface area (Å²) in [5, 5.41) is 12.2. The Kier molecular flexibility index (Phi) is 6.47. The number of hydrogen-bond acceptors (Lipinski definition) is 7. The summed E-state index contributed by atoms with van der Waals surface area (Å²) in [4.78, 5) is 31.5. The molecule has 1 amide bonds. The number of fused-ring (bicyclic) bond motifs is 1. The van der Waals surface area contributed by atoms with E-state index in [0.717, 1.165) is 18.4 Å². The van der Waals surface area contributed by atoms with Gasteiger partial charge in [0.25, 0.3) is 11.6 Å². The first kappa shape index (κ1) is 23.6. The van der Waals surface area contributed by atoms with Crippen LogP contribution in [0.5, 0.6) is 11.5 Å². The third-order valence-corrected chi connectivity index (χ3v) is 6.95. The molecule has 1 saturated heterocycles. The highest BCUT2D eigenvalue weighted by atomic mass is 32.2. The molecule has 0 saturated carbocycles. The molecule has 0 aromatic heterocycles. The van der Waals surface area contributed by atoms with Crippen molar-refractivity contribution in [3.8, 4) is 11.5 Å². The van der Waals surface area contributed by atoms with E-state index >= 15 is 0 Å². The molecule has 0 spiro atoms. The third kappa shape index (κ3) is 4.57. The van der Waals surface area contributed by atoms with Crippen LogP contribution >= 0.6 is 11.8 Å². The summed E-state index contributed by atoms with van der Waals surface area (Å²) in [5.74, 6) is 0.407. The van der Waals surface area contributed by atoms with E-state index in [1.807, 2.05) is 48.5 Å². The van der Waals surface area contributed by atoms with Gasteiger partial charge in [-0.05, 0) is 72.1 Å². The molecule has 9 heteroatoms. The number of thioether (sulfide) groups is 1. The van der Waals surface area contributed by atoms with Gasteiger partial charge in [0, 0.05) is 0 Å². The highest BCUT2D eigenvalue weighted by Crippen LogP contribution is 2.42. The number of nitrogens with zero attached hydrogens (tertiary/aromatic N) is 3. The molecular formula is C27H23N3O5S. The molecule has 2 aliphatic rings. The number of nitro groups is 1. The monoisotopic (exact) mass is 501 g/mol. The Balaban J connectivity index is 1.58. The number of amides is 1. The van der Waals surface area contributed by atoms with Crippen molar-refractivity contribution >= 4 is 46.0 Å². The summed E-state index contributed by atoms with van der Waals surface area (Å²) in [6.45, 7) is 4.15. The Labute approximate surface area is 212 Å². The molecule has 0 unspecified atom stereocenters. The zero-order valence-corrected chi connectivity index (χ0v) is 20.6. The van der Waals surface area contributed by atoms with Crippen molar-refractivity contribution in [2.75, 3.05) is 11.7 Å². The molecule has 0 atom stereocenters. The van der Waals surface area contributed by atoms with E-state index in [1.165, 1.54) is 35.5 Å². The number of rotatable bonds is 6. The van der Waals surface area contributed by atoms with E-state index < -0.39 is 4.92 Å². The third-order valence-electron chi connectivity index (χ3n) is 5.98. The van der Waals surface area contributed by atoms with Crippen molar-refractivity contribution in [2.24, 2.45) is 4.99 Å². The normalized spacial score (nSPS) is 16.8. The zero-order chi connectivity index (χ0) is 25.2. The first-order valence-electron chi connectivity index (χ1n) is 11.6. The van der Waals surface area contributed by atoms with Crippen molar-refractivity contribution in [1.82, 2.24) is 0 Å². The van der Waals surface area contributed by atoms with Gasteiger partial charge in [-0.2, -0.15) is 0 Å². The fourth-order valence-electron chi connectivity index (χ4n) is 3.94. The maximum Gasteiger partial charge on any atom is 0.280 e. The number of amidine groups is 1.